The Bertz CT molecular complexity index is 718. The molecule has 0 bridgehead atoms. The van der Waals surface area contributed by atoms with Gasteiger partial charge in [0.2, 0.25) is 10.0 Å². The van der Waals surface area contributed by atoms with Crippen LogP contribution in [0.3, 0.4) is 0 Å². The van der Waals surface area contributed by atoms with Crippen LogP contribution in [0.1, 0.15) is 55.8 Å². The van der Waals surface area contributed by atoms with Crippen molar-refractivity contribution in [3.63, 3.8) is 0 Å². The molecule has 6 nitrogen and oxygen atoms in total. The number of unbranched alkanes of at least 4 members (excludes halogenated alkanes) is 1. The van der Waals surface area contributed by atoms with E-state index >= 15 is 0 Å². The van der Waals surface area contributed by atoms with Crippen LogP contribution in [-0.4, -0.2) is 51.5 Å². The van der Waals surface area contributed by atoms with Crippen LogP contribution >= 0.6 is 0 Å². The van der Waals surface area contributed by atoms with E-state index in [1.807, 2.05) is 0 Å². The number of rotatable bonds is 10. The first-order valence-electron chi connectivity index (χ1n) is 9.62. The van der Waals surface area contributed by atoms with Crippen LogP contribution in [-0.2, 0) is 14.8 Å². The summed E-state index contributed by atoms with van der Waals surface area (Å²) in [6.07, 6.45) is 5.25. The van der Waals surface area contributed by atoms with Crippen molar-refractivity contribution in [2.45, 2.75) is 50.3 Å². The highest BCUT2D eigenvalue weighted by molar-refractivity contribution is 7.89. The van der Waals surface area contributed by atoms with Crippen LogP contribution in [0, 0.1) is 5.82 Å². The summed E-state index contributed by atoms with van der Waals surface area (Å²) < 4.78 is 46.3. The van der Waals surface area contributed by atoms with Crippen molar-refractivity contribution in [1.29, 1.82) is 0 Å². The standard InChI is InChI=1S/C19H29FN2O4S/c1-2-3-13-26-14-7-10-21-19(23)16-8-9-17(20)18(15-16)27(24,25)22-11-5-4-6-12-22/h8-9,15H,2-7,10-14H2,1H3,(H,21,23). The smallest absolute Gasteiger partial charge is 0.251 e. The second-order valence-corrected chi connectivity index (χ2v) is 8.59. The number of halogens is 1. The van der Waals surface area contributed by atoms with Gasteiger partial charge >= 0.3 is 0 Å². The number of ether oxygens (including phenoxy) is 1. The van der Waals surface area contributed by atoms with E-state index in [4.69, 9.17) is 4.74 Å². The number of nitrogens with zero attached hydrogens (tertiary/aromatic N) is 1. The van der Waals surface area contributed by atoms with E-state index in [0.717, 1.165) is 44.2 Å². The average Bonchev–Trinajstić information content (AvgIpc) is 2.68. The van der Waals surface area contributed by atoms with Crippen LogP contribution in [0.25, 0.3) is 0 Å². The summed E-state index contributed by atoms with van der Waals surface area (Å²) in [7, 11) is -3.93. The van der Waals surface area contributed by atoms with Crippen molar-refractivity contribution in [2.75, 3.05) is 32.8 Å². The van der Waals surface area contributed by atoms with Crippen molar-refractivity contribution in [3.05, 3.63) is 29.6 Å². The molecule has 0 aromatic heterocycles. The fourth-order valence-electron chi connectivity index (χ4n) is 2.91. The monoisotopic (exact) mass is 400 g/mol. The van der Waals surface area contributed by atoms with Gasteiger partial charge < -0.3 is 10.1 Å². The molecular formula is C19H29FN2O4S. The van der Waals surface area contributed by atoms with Gasteiger partial charge in [-0.1, -0.05) is 19.8 Å². The number of hydrogen-bond donors (Lipinski definition) is 1. The van der Waals surface area contributed by atoms with Crippen molar-refractivity contribution in [2.24, 2.45) is 0 Å². The van der Waals surface area contributed by atoms with E-state index in [2.05, 4.69) is 12.2 Å². The molecule has 1 fully saturated rings. The Morgan fingerprint density at radius 1 is 1.19 bits per heavy atom. The van der Waals surface area contributed by atoms with Crippen molar-refractivity contribution in [3.8, 4) is 0 Å². The lowest BCUT2D eigenvalue weighted by Gasteiger charge is -2.26. The minimum Gasteiger partial charge on any atom is -0.381 e. The highest BCUT2D eigenvalue weighted by atomic mass is 32.2. The topological polar surface area (TPSA) is 75.7 Å². The Labute approximate surface area is 161 Å². The maximum Gasteiger partial charge on any atom is 0.251 e. The van der Waals surface area contributed by atoms with Gasteiger partial charge in [0.25, 0.3) is 5.91 Å². The molecule has 2 rings (SSSR count). The maximum atomic E-state index is 14.2. The molecule has 1 heterocycles. The predicted molar refractivity (Wildman–Crippen MR) is 102 cm³/mol. The first kappa shape index (κ1) is 21.8. The zero-order valence-corrected chi connectivity index (χ0v) is 16.7. The van der Waals surface area contributed by atoms with Crippen molar-refractivity contribution >= 4 is 15.9 Å². The van der Waals surface area contributed by atoms with Gasteiger partial charge in [0.15, 0.2) is 0 Å². The molecule has 1 aromatic carbocycles. The number of sulfonamides is 1. The molecule has 0 spiro atoms. The predicted octanol–water partition coefficient (Wildman–Crippen LogP) is 2.94. The molecule has 0 saturated carbocycles. The third-order valence-corrected chi connectivity index (χ3v) is 6.43. The minimum absolute atomic E-state index is 0.138. The van der Waals surface area contributed by atoms with Crippen LogP contribution in [0.4, 0.5) is 4.39 Å². The second kappa shape index (κ2) is 10.7. The minimum atomic E-state index is -3.93. The Hall–Kier alpha value is -1.51. The first-order valence-corrected chi connectivity index (χ1v) is 11.1. The molecule has 0 atom stereocenters. The van der Waals surface area contributed by atoms with Crippen LogP contribution in [0.15, 0.2) is 23.1 Å². The van der Waals surface area contributed by atoms with Gasteiger partial charge in [-0.25, -0.2) is 12.8 Å². The van der Waals surface area contributed by atoms with Gasteiger partial charge in [0, 0.05) is 38.4 Å². The molecule has 1 saturated heterocycles. The lowest BCUT2D eigenvalue weighted by atomic mass is 10.2. The number of carbonyl (C=O) groups is 1. The number of hydrogen-bond acceptors (Lipinski definition) is 4. The fraction of sp³-hybridized carbons (Fsp3) is 0.632. The molecular weight excluding hydrogens is 371 g/mol. The summed E-state index contributed by atoms with van der Waals surface area (Å²) in [6, 6.07) is 3.48. The maximum absolute atomic E-state index is 14.2. The second-order valence-electron chi connectivity index (χ2n) is 6.69. The summed E-state index contributed by atoms with van der Waals surface area (Å²) in [4.78, 5) is 11.8. The molecule has 1 aliphatic heterocycles. The molecule has 8 heteroatoms. The molecule has 1 N–H and O–H groups in total. The summed E-state index contributed by atoms with van der Waals surface area (Å²) in [5.41, 5.74) is 0.138. The number of nitrogens with one attached hydrogen (secondary N) is 1. The van der Waals surface area contributed by atoms with Crippen LogP contribution in [0.2, 0.25) is 0 Å². The fourth-order valence-corrected chi connectivity index (χ4v) is 4.52. The Morgan fingerprint density at radius 2 is 1.89 bits per heavy atom. The normalized spacial score (nSPS) is 15.6. The Kier molecular flexibility index (Phi) is 8.66. The SMILES string of the molecule is CCCCOCCCNC(=O)c1ccc(F)c(S(=O)(=O)N2CCCCC2)c1. The van der Waals surface area contributed by atoms with Crippen molar-refractivity contribution in [1.82, 2.24) is 9.62 Å². The van der Waals surface area contributed by atoms with Crippen LogP contribution in [0.5, 0.6) is 0 Å². The van der Waals surface area contributed by atoms with Gasteiger partial charge in [-0.15, -0.1) is 0 Å². The van der Waals surface area contributed by atoms with Gasteiger partial charge in [-0.05, 0) is 43.9 Å². The Morgan fingerprint density at radius 3 is 2.59 bits per heavy atom. The van der Waals surface area contributed by atoms with Gasteiger partial charge in [0.1, 0.15) is 10.7 Å². The molecule has 0 unspecified atom stereocenters. The first-order chi connectivity index (χ1) is 13.0. The van der Waals surface area contributed by atoms with E-state index in [1.54, 1.807) is 0 Å². The van der Waals surface area contributed by atoms with E-state index in [9.17, 15) is 17.6 Å². The lowest BCUT2D eigenvalue weighted by Crippen LogP contribution is -2.36. The number of benzene rings is 1. The van der Waals surface area contributed by atoms with E-state index in [1.165, 1.54) is 10.4 Å². The molecule has 27 heavy (non-hydrogen) atoms. The molecule has 0 aliphatic carbocycles. The number of piperidine rings is 1. The average molecular weight is 401 g/mol. The summed E-state index contributed by atoms with van der Waals surface area (Å²) in [5, 5.41) is 2.72. The van der Waals surface area contributed by atoms with E-state index in [0.29, 0.717) is 39.3 Å². The molecule has 1 amide bonds. The van der Waals surface area contributed by atoms with Gasteiger partial charge in [0.05, 0.1) is 0 Å². The third kappa shape index (κ3) is 6.26. The molecule has 1 aromatic rings. The molecule has 152 valence electrons. The molecule has 0 radical (unpaired) electrons. The summed E-state index contributed by atoms with van der Waals surface area (Å²) >= 11 is 0. The Balaban J connectivity index is 1.96. The van der Waals surface area contributed by atoms with E-state index in [-0.39, 0.29) is 5.56 Å². The quantitative estimate of drug-likeness (QED) is 0.613. The largest absolute Gasteiger partial charge is 0.381 e. The summed E-state index contributed by atoms with van der Waals surface area (Å²) in [6.45, 7) is 4.54. The van der Waals surface area contributed by atoms with Crippen molar-refractivity contribution < 1.29 is 22.3 Å². The summed E-state index contributed by atoms with van der Waals surface area (Å²) in [5.74, 6) is -1.25. The molecule has 1 aliphatic rings. The number of carbonyl (C=O) groups excluding carboxylic acids is 1. The van der Waals surface area contributed by atoms with E-state index < -0.39 is 26.6 Å². The lowest BCUT2D eigenvalue weighted by molar-refractivity contribution is 0.0940. The highest BCUT2D eigenvalue weighted by Gasteiger charge is 2.29. The van der Waals surface area contributed by atoms with Gasteiger partial charge in [-0.2, -0.15) is 4.31 Å². The zero-order valence-electron chi connectivity index (χ0n) is 15.9. The van der Waals surface area contributed by atoms with Gasteiger partial charge in [-0.3, -0.25) is 4.79 Å². The zero-order chi connectivity index (χ0) is 19.7. The number of amides is 1. The van der Waals surface area contributed by atoms with Crippen LogP contribution < -0.4 is 5.32 Å². The third-order valence-electron chi connectivity index (χ3n) is 4.52. The highest BCUT2D eigenvalue weighted by Crippen LogP contribution is 2.24.